The highest BCUT2D eigenvalue weighted by molar-refractivity contribution is 14.0. The fourth-order valence-corrected chi connectivity index (χ4v) is 3.41. The lowest BCUT2D eigenvalue weighted by atomic mass is 10.0. The highest BCUT2D eigenvalue weighted by Crippen LogP contribution is 2.16. The molecule has 2 rings (SSSR count). The number of aryl methyl sites for hydroxylation is 2. The predicted molar refractivity (Wildman–Crippen MR) is 124 cm³/mol. The number of halogens is 1. The third-order valence-corrected chi connectivity index (χ3v) is 5.13. The van der Waals surface area contributed by atoms with E-state index < -0.39 is 0 Å². The first-order valence-electron chi connectivity index (χ1n) is 8.68. The number of hydrogen-bond donors (Lipinski definition) is 3. The average molecular weight is 487 g/mol. The summed E-state index contributed by atoms with van der Waals surface area (Å²) in [6.45, 7) is 10.1. The molecule has 1 unspecified atom stereocenters. The van der Waals surface area contributed by atoms with Gasteiger partial charge in [0.25, 0.3) is 0 Å². The fraction of sp³-hybridized carbons (Fsp3) is 0.474. The number of para-hydroxylation sites is 1. The van der Waals surface area contributed by atoms with Crippen LogP contribution in [0, 0.1) is 19.8 Å². The summed E-state index contributed by atoms with van der Waals surface area (Å²) in [7, 11) is 1.80. The van der Waals surface area contributed by atoms with Crippen LogP contribution in [0.25, 0.3) is 0 Å². The van der Waals surface area contributed by atoms with Crippen LogP contribution in [0.3, 0.4) is 0 Å². The van der Waals surface area contributed by atoms with E-state index in [-0.39, 0.29) is 24.0 Å². The molecule has 3 N–H and O–H groups in total. The minimum atomic E-state index is 0. The lowest BCUT2D eigenvalue weighted by Gasteiger charge is -2.25. The third-order valence-electron chi connectivity index (χ3n) is 4.06. The molecule has 0 saturated heterocycles. The lowest BCUT2D eigenvalue weighted by molar-refractivity contribution is 0.512. The summed E-state index contributed by atoms with van der Waals surface area (Å²) in [5.74, 6) is 1.31. The maximum atomic E-state index is 4.47. The van der Waals surface area contributed by atoms with Gasteiger partial charge in [-0.3, -0.25) is 4.99 Å². The molecular formula is C19H30IN5S. The maximum absolute atomic E-state index is 4.47. The van der Waals surface area contributed by atoms with Crippen LogP contribution in [0.15, 0.2) is 35.3 Å². The normalized spacial score (nSPS) is 12.5. The molecule has 1 heterocycles. The van der Waals surface area contributed by atoms with Gasteiger partial charge in [-0.2, -0.15) is 0 Å². The number of nitrogens with one attached hydrogen (secondary N) is 3. The summed E-state index contributed by atoms with van der Waals surface area (Å²) >= 11 is 1.73. The van der Waals surface area contributed by atoms with E-state index in [2.05, 4.69) is 58.8 Å². The number of thiazole rings is 1. The largest absolute Gasteiger partial charge is 0.380 e. The van der Waals surface area contributed by atoms with Crippen molar-refractivity contribution >= 4 is 47.0 Å². The first-order chi connectivity index (χ1) is 12.0. The summed E-state index contributed by atoms with van der Waals surface area (Å²) in [6.07, 6.45) is 0. The SMILES string of the molecule is CN=C(NCc1sc(C)nc1C)NCC(Nc1ccccc1)C(C)C.I. The maximum Gasteiger partial charge on any atom is 0.191 e. The molecule has 0 amide bonds. The van der Waals surface area contributed by atoms with E-state index in [0.717, 1.165) is 35.4 Å². The molecule has 0 bridgehead atoms. The molecule has 0 fully saturated rings. The molecule has 1 aromatic heterocycles. The van der Waals surface area contributed by atoms with Crippen molar-refractivity contribution in [2.24, 2.45) is 10.9 Å². The predicted octanol–water partition coefficient (Wildman–Crippen LogP) is 4.18. The molecule has 0 aliphatic carbocycles. The molecule has 7 heteroatoms. The van der Waals surface area contributed by atoms with Gasteiger partial charge in [-0.15, -0.1) is 35.3 Å². The summed E-state index contributed by atoms with van der Waals surface area (Å²) in [4.78, 5) is 10.0. The third kappa shape index (κ3) is 7.11. The van der Waals surface area contributed by atoms with Crippen LogP contribution in [0.4, 0.5) is 5.69 Å². The number of aromatic nitrogens is 1. The van der Waals surface area contributed by atoms with Gasteiger partial charge in [0.05, 0.1) is 17.2 Å². The second-order valence-corrected chi connectivity index (χ2v) is 7.70. The van der Waals surface area contributed by atoms with E-state index in [0.29, 0.717) is 12.0 Å². The number of guanidine groups is 1. The molecule has 0 aliphatic heterocycles. The second kappa shape index (κ2) is 11.4. The molecule has 1 atom stereocenters. The average Bonchev–Trinajstić information content (AvgIpc) is 2.92. The lowest BCUT2D eigenvalue weighted by Crippen LogP contribution is -2.44. The quantitative estimate of drug-likeness (QED) is 0.312. The smallest absolute Gasteiger partial charge is 0.191 e. The molecule has 26 heavy (non-hydrogen) atoms. The Hall–Kier alpha value is -1.35. The van der Waals surface area contributed by atoms with Crippen LogP contribution in [-0.2, 0) is 6.54 Å². The molecule has 5 nitrogen and oxygen atoms in total. The van der Waals surface area contributed by atoms with E-state index >= 15 is 0 Å². The fourth-order valence-electron chi connectivity index (χ4n) is 2.53. The Bertz CT molecular complexity index is 684. The van der Waals surface area contributed by atoms with Crippen molar-refractivity contribution in [1.29, 1.82) is 0 Å². The summed E-state index contributed by atoms with van der Waals surface area (Å²) in [6, 6.07) is 10.6. The van der Waals surface area contributed by atoms with Crippen molar-refractivity contribution in [3.05, 3.63) is 45.9 Å². The van der Waals surface area contributed by atoms with Crippen LogP contribution < -0.4 is 16.0 Å². The van der Waals surface area contributed by atoms with Crippen molar-refractivity contribution in [3.8, 4) is 0 Å². The molecule has 0 radical (unpaired) electrons. The van der Waals surface area contributed by atoms with E-state index in [1.165, 1.54) is 4.88 Å². The Morgan fingerprint density at radius 1 is 1.15 bits per heavy atom. The molecule has 0 aliphatic rings. The minimum Gasteiger partial charge on any atom is -0.380 e. The first kappa shape index (κ1) is 22.7. The number of hydrogen-bond acceptors (Lipinski definition) is 4. The minimum absolute atomic E-state index is 0. The Morgan fingerprint density at radius 2 is 1.85 bits per heavy atom. The Morgan fingerprint density at radius 3 is 2.38 bits per heavy atom. The van der Waals surface area contributed by atoms with Gasteiger partial charge in [-0.1, -0.05) is 32.0 Å². The summed E-state index contributed by atoms with van der Waals surface area (Å²) < 4.78 is 0. The summed E-state index contributed by atoms with van der Waals surface area (Å²) in [5, 5.41) is 11.5. The highest BCUT2D eigenvalue weighted by Gasteiger charge is 2.14. The standard InChI is InChI=1S/C19H29N5S.HI/c1-13(2)17(24-16-9-7-6-8-10-16)11-21-19(20-5)22-12-18-14(3)23-15(4)25-18;/h6-10,13,17,24H,11-12H2,1-5H3,(H2,20,21,22);1H. The zero-order valence-electron chi connectivity index (χ0n) is 16.2. The van der Waals surface area contributed by atoms with Gasteiger partial charge >= 0.3 is 0 Å². The van der Waals surface area contributed by atoms with Gasteiger partial charge in [-0.05, 0) is 31.9 Å². The number of benzene rings is 1. The van der Waals surface area contributed by atoms with E-state index in [9.17, 15) is 0 Å². The Balaban J connectivity index is 0.00000338. The second-order valence-electron chi connectivity index (χ2n) is 6.41. The van der Waals surface area contributed by atoms with Crippen LogP contribution in [-0.4, -0.2) is 30.6 Å². The van der Waals surface area contributed by atoms with Crippen LogP contribution in [0.1, 0.15) is 29.4 Å². The van der Waals surface area contributed by atoms with E-state index in [4.69, 9.17) is 0 Å². The van der Waals surface area contributed by atoms with Gasteiger partial charge in [0.15, 0.2) is 5.96 Å². The molecule has 0 spiro atoms. The van der Waals surface area contributed by atoms with Gasteiger partial charge in [0.1, 0.15) is 0 Å². The van der Waals surface area contributed by atoms with Crippen molar-refractivity contribution in [2.75, 3.05) is 18.9 Å². The van der Waals surface area contributed by atoms with Crippen molar-refractivity contribution in [3.63, 3.8) is 0 Å². The van der Waals surface area contributed by atoms with Gasteiger partial charge < -0.3 is 16.0 Å². The molecule has 0 saturated carbocycles. The number of anilines is 1. The van der Waals surface area contributed by atoms with E-state index in [1.54, 1.807) is 18.4 Å². The Kier molecular flexibility index (Phi) is 9.93. The Labute approximate surface area is 178 Å². The zero-order chi connectivity index (χ0) is 18.2. The van der Waals surface area contributed by atoms with Crippen molar-refractivity contribution < 1.29 is 0 Å². The van der Waals surface area contributed by atoms with Crippen molar-refractivity contribution in [1.82, 2.24) is 15.6 Å². The van der Waals surface area contributed by atoms with Gasteiger partial charge in [0.2, 0.25) is 0 Å². The molecular weight excluding hydrogens is 457 g/mol. The van der Waals surface area contributed by atoms with Crippen LogP contribution in [0.5, 0.6) is 0 Å². The van der Waals surface area contributed by atoms with E-state index in [1.807, 2.05) is 25.1 Å². The van der Waals surface area contributed by atoms with Crippen LogP contribution >= 0.6 is 35.3 Å². The first-order valence-corrected chi connectivity index (χ1v) is 9.50. The molecule has 2 aromatic rings. The topological polar surface area (TPSA) is 61.3 Å². The van der Waals surface area contributed by atoms with Crippen LogP contribution in [0.2, 0.25) is 0 Å². The molecule has 1 aromatic carbocycles. The number of aliphatic imine (C=N–C) groups is 1. The van der Waals surface area contributed by atoms with Gasteiger partial charge in [0, 0.05) is 30.2 Å². The molecule has 144 valence electrons. The number of rotatable bonds is 7. The highest BCUT2D eigenvalue weighted by atomic mass is 127. The zero-order valence-corrected chi connectivity index (χ0v) is 19.3. The summed E-state index contributed by atoms with van der Waals surface area (Å²) in [5.41, 5.74) is 2.23. The van der Waals surface area contributed by atoms with Gasteiger partial charge in [-0.25, -0.2) is 4.98 Å². The monoisotopic (exact) mass is 487 g/mol. The van der Waals surface area contributed by atoms with Crippen molar-refractivity contribution in [2.45, 2.75) is 40.3 Å². The number of nitrogens with zero attached hydrogens (tertiary/aromatic N) is 2.